The first-order chi connectivity index (χ1) is 14.7. The summed E-state index contributed by atoms with van der Waals surface area (Å²) in [4.78, 5) is 39.5. The first kappa shape index (κ1) is 21.9. The second-order valence-electron chi connectivity index (χ2n) is 7.30. The van der Waals surface area contributed by atoms with Gasteiger partial charge in [-0.05, 0) is 25.8 Å². The quantitative estimate of drug-likeness (QED) is 0.550. The van der Waals surface area contributed by atoms with Crippen LogP contribution >= 0.6 is 0 Å². The van der Waals surface area contributed by atoms with Crippen molar-refractivity contribution in [2.24, 2.45) is 13.0 Å². The number of rotatable bonds is 4. The maximum Gasteiger partial charge on any atom is 0.328 e. The van der Waals surface area contributed by atoms with Crippen LogP contribution in [-0.4, -0.2) is 42.5 Å². The fraction of sp³-hybridized carbons (Fsp3) is 0.273. The lowest BCUT2D eigenvalue weighted by Gasteiger charge is -2.21. The highest BCUT2D eigenvalue weighted by atomic mass is 19.1. The molecule has 0 amide bonds. The van der Waals surface area contributed by atoms with Gasteiger partial charge in [0.15, 0.2) is 5.78 Å². The lowest BCUT2D eigenvalue weighted by Crippen LogP contribution is -2.25. The Balaban J connectivity index is 0.000000293. The zero-order valence-corrected chi connectivity index (χ0v) is 17.1. The van der Waals surface area contributed by atoms with Gasteiger partial charge in [0, 0.05) is 53.9 Å². The number of carbonyl (C=O) groups is 3. The van der Waals surface area contributed by atoms with Crippen LogP contribution in [-0.2, 0) is 29.5 Å². The number of Topliss-reactive ketones (excluding diaryl/α,β-unsaturated/α-hetero) is 1. The molecule has 3 aromatic rings. The van der Waals surface area contributed by atoms with Crippen molar-refractivity contribution in [2.45, 2.75) is 26.2 Å². The number of carboxylic acid groups (broad SMARTS) is 2. The van der Waals surface area contributed by atoms with Crippen molar-refractivity contribution in [2.75, 3.05) is 0 Å². The largest absolute Gasteiger partial charge is 0.478 e. The maximum atomic E-state index is 14.2. The lowest BCUT2D eigenvalue weighted by atomic mass is 9.82. The van der Waals surface area contributed by atoms with E-state index in [1.54, 1.807) is 12.4 Å². The number of carbonyl (C=O) groups excluding carboxylic acids is 1. The molecule has 1 aliphatic carbocycles. The molecule has 1 aromatic carbocycles. The molecule has 2 aromatic heterocycles. The molecule has 162 valence electrons. The van der Waals surface area contributed by atoms with E-state index in [4.69, 9.17) is 10.2 Å². The number of nitrogens with zero attached hydrogens (tertiary/aromatic N) is 2. The Hall–Kier alpha value is -3.75. The molecule has 0 bridgehead atoms. The fourth-order valence-electron chi connectivity index (χ4n) is 3.89. The summed E-state index contributed by atoms with van der Waals surface area (Å²) >= 11 is 0. The number of aliphatic carboxylic acids is 2. The van der Waals surface area contributed by atoms with Crippen LogP contribution in [0.3, 0.4) is 0 Å². The van der Waals surface area contributed by atoms with Crippen LogP contribution in [0.25, 0.3) is 10.9 Å². The average molecular weight is 427 g/mol. The van der Waals surface area contributed by atoms with Gasteiger partial charge in [0.1, 0.15) is 5.82 Å². The molecule has 8 nitrogen and oxygen atoms in total. The van der Waals surface area contributed by atoms with E-state index < -0.39 is 11.9 Å². The summed E-state index contributed by atoms with van der Waals surface area (Å²) in [7, 11) is 1.84. The van der Waals surface area contributed by atoms with Gasteiger partial charge < -0.3 is 19.8 Å². The standard InChI is InChI=1S/C18H18FN3O.C4H4O4/c1-10-14(21-9-20-10)8-11-6-7-15-16(18(11)23)12-4-3-5-13(19)17(12)22(15)2;5-3(6)1-2-4(7)8/h3-5,9,11H,6-8H2,1-2H3,(H,20,21);1-2H,(H,5,6)(H,7,8). The number of aromatic nitrogens is 3. The van der Waals surface area contributed by atoms with E-state index in [0.29, 0.717) is 29.7 Å². The summed E-state index contributed by atoms with van der Waals surface area (Å²) in [6.07, 6.45) is 4.99. The van der Waals surface area contributed by atoms with E-state index >= 15 is 0 Å². The molecule has 1 unspecified atom stereocenters. The number of H-pyrrole nitrogens is 1. The Morgan fingerprint density at radius 3 is 2.55 bits per heavy atom. The molecule has 1 aliphatic rings. The summed E-state index contributed by atoms with van der Waals surface area (Å²) in [6, 6.07) is 4.97. The summed E-state index contributed by atoms with van der Waals surface area (Å²) in [5, 5.41) is 16.4. The van der Waals surface area contributed by atoms with Crippen molar-refractivity contribution in [3.63, 3.8) is 0 Å². The zero-order valence-electron chi connectivity index (χ0n) is 17.1. The van der Waals surface area contributed by atoms with Crippen LogP contribution in [0.15, 0.2) is 36.7 Å². The molecule has 2 heterocycles. The molecule has 0 saturated carbocycles. The van der Waals surface area contributed by atoms with E-state index in [2.05, 4.69) is 9.97 Å². The smallest absolute Gasteiger partial charge is 0.328 e. The predicted octanol–water partition coefficient (Wildman–Crippen LogP) is 3.05. The number of carboxylic acids is 2. The Morgan fingerprint density at radius 2 is 1.97 bits per heavy atom. The lowest BCUT2D eigenvalue weighted by molar-refractivity contribution is -0.134. The molecule has 9 heteroatoms. The van der Waals surface area contributed by atoms with Crippen LogP contribution in [0.5, 0.6) is 0 Å². The van der Waals surface area contributed by atoms with E-state index in [0.717, 1.165) is 35.3 Å². The molecule has 31 heavy (non-hydrogen) atoms. The number of halogens is 1. The van der Waals surface area contributed by atoms with Crippen molar-refractivity contribution in [3.8, 4) is 0 Å². The number of benzene rings is 1. The Kier molecular flexibility index (Phi) is 6.33. The number of ketones is 1. The molecule has 0 aliphatic heterocycles. The molecule has 0 saturated heterocycles. The fourth-order valence-corrected chi connectivity index (χ4v) is 3.89. The highest BCUT2D eigenvalue weighted by Gasteiger charge is 2.33. The summed E-state index contributed by atoms with van der Waals surface area (Å²) in [5.74, 6) is -2.75. The van der Waals surface area contributed by atoms with Gasteiger partial charge in [-0.25, -0.2) is 19.0 Å². The third-order valence-electron chi connectivity index (χ3n) is 5.37. The maximum absolute atomic E-state index is 14.2. The number of aromatic amines is 1. The summed E-state index contributed by atoms with van der Waals surface area (Å²) < 4.78 is 16.0. The van der Waals surface area contributed by atoms with Crippen molar-refractivity contribution in [1.82, 2.24) is 14.5 Å². The monoisotopic (exact) mass is 427 g/mol. The van der Waals surface area contributed by atoms with Gasteiger partial charge in [-0.2, -0.15) is 0 Å². The third kappa shape index (κ3) is 4.55. The first-order valence-corrected chi connectivity index (χ1v) is 9.63. The topological polar surface area (TPSA) is 125 Å². The number of aryl methyl sites for hydroxylation is 2. The number of hydrogen-bond donors (Lipinski definition) is 3. The number of para-hydroxylation sites is 1. The van der Waals surface area contributed by atoms with Crippen molar-refractivity contribution in [1.29, 1.82) is 0 Å². The predicted molar refractivity (Wildman–Crippen MR) is 110 cm³/mol. The molecule has 1 atom stereocenters. The van der Waals surface area contributed by atoms with Gasteiger partial charge in [-0.3, -0.25) is 4.79 Å². The summed E-state index contributed by atoms with van der Waals surface area (Å²) in [6.45, 7) is 1.97. The Morgan fingerprint density at radius 1 is 1.29 bits per heavy atom. The minimum absolute atomic E-state index is 0.0848. The van der Waals surface area contributed by atoms with Crippen molar-refractivity contribution < 1.29 is 29.0 Å². The van der Waals surface area contributed by atoms with Crippen LogP contribution < -0.4 is 0 Å². The van der Waals surface area contributed by atoms with E-state index in [9.17, 15) is 18.8 Å². The van der Waals surface area contributed by atoms with Crippen molar-refractivity contribution >= 4 is 28.6 Å². The highest BCUT2D eigenvalue weighted by Crippen LogP contribution is 2.35. The van der Waals surface area contributed by atoms with Gasteiger partial charge in [-0.1, -0.05) is 12.1 Å². The highest BCUT2D eigenvalue weighted by molar-refractivity contribution is 6.11. The number of nitrogens with one attached hydrogen (secondary N) is 1. The summed E-state index contributed by atoms with van der Waals surface area (Å²) in [5.41, 5.74) is 4.13. The SMILES string of the molecule is Cc1[nH]cnc1CC1CCc2c(c3cccc(F)c3n2C)C1=O.O=C(O)C=CC(=O)O. The minimum atomic E-state index is -1.26. The van der Waals surface area contributed by atoms with Gasteiger partial charge in [0.2, 0.25) is 0 Å². The minimum Gasteiger partial charge on any atom is -0.478 e. The normalized spacial score (nSPS) is 15.6. The molecule has 3 N–H and O–H groups in total. The van der Waals surface area contributed by atoms with Gasteiger partial charge in [0.25, 0.3) is 0 Å². The van der Waals surface area contributed by atoms with Gasteiger partial charge in [0.05, 0.1) is 17.5 Å². The molecule has 0 radical (unpaired) electrons. The van der Waals surface area contributed by atoms with Crippen molar-refractivity contribution in [3.05, 3.63) is 65.1 Å². The molecule has 4 rings (SSSR count). The van der Waals surface area contributed by atoms with E-state index in [-0.39, 0.29) is 17.5 Å². The number of hydrogen-bond acceptors (Lipinski definition) is 4. The Labute approximate surface area is 177 Å². The second-order valence-corrected chi connectivity index (χ2v) is 7.30. The van der Waals surface area contributed by atoms with Gasteiger partial charge in [-0.15, -0.1) is 0 Å². The van der Waals surface area contributed by atoms with Crippen LogP contribution in [0.1, 0.15) is 33.9 Å². The van der Waals surface area contributed by atoms with Crippen LogP contribution in [0.2, 0.25) is 0 Å². The average Bonchev–Trinajstić information content (AvgIpc) is 3.25. The molecular formula is C22H22FN3O5. The van der Waals surface area contributed by atoms with E-state index in [1.165, 1.54) is 6.07 Å². The van der Waals surface area contributed by atoms with Crippen LogP contribution in [0, 0.1) is 18.7 Å². The third-order valence-corrected chi connectivity index (χ3v) is 5.37. The Bertz CT molecular complexity index is 1180. The first-order valence-electron chi connectivity index (χ1n) is 9.63. The molecule has 0 spiro atoms. The molecular weight excluding hydrogens is 405 g/mol. The number of imidazole rings is 1. The zero-order chi connectivity index (χ0) is 22.7. The van der Waals surface area contributed by atoms with Crippen LogP contribution in [0.4, 0.5) is 4.39 Å². The van der Waals surface area contributed by atoms with Gasteiger partial charge >= 0.3 is 11.9 Å². The second kappa shape index (κ2) is 8.95. The number of fused-ring (bicyclic) bond motifs is 3. The molecule has 0 fully saturated rings. The van der Waals surface area contributed by atoms with E-state index in [1.807, 2.05) is 24.6 Å².